The Balaban J connectivity index is 1.89. The van der Waals surface area contributed by atoms with E-state index in [9.17, 15) is 19.5 Å². The van der Waals surface area contributed by atoms with E-state index in [1.54, 1.807) is 24.3 Å². The molecule has 0 bridgehead atoms. The number of anilines is 1. The second kappa shape index (κ2) is 7.36. The van der Waals surface area contributed by atoms with E-state index in [4.69, 9.17) is 0 Å². The zero-order chi connectivity index (χ0) is 21.6. The van der Waals surface area contributed by atoms with Gasteiger partial charge in [-0.3, -0.25) is 19.7 Å². The lowest BCUT2D eigenvalue weighted by atomic mass is 9.75. The first-order valence-corrected chi connectivity index (χ1v) is 10.3. The maximum atomic E-state index is 13.6. The van der Waals surface area contributed by atoms with Gasteiger partial charge in [0.15, 0.2) is 0 Å². The minimum Gasteiger partial charge on any atom is -0.480 e. The Morgan fingerprint density at radius 3 is 2.30 bits per heavy atom. The molecule has 2 aliphatic heterocycles. The fourth-order valence-electron chi connectivity index (χ4n) is 5.15. The van der Waals surface area contributed by atoms with Crippen LogP contribution in [0.3, 0.4) is 0 Å². The second-order valence-corrected chi connectivity index (χ2v) is 8.70. The summed E-state index contributed by atoms with van der Waals surface area (Å²) in [5.74, 6) is -3.58. The van der Waals surface area contributed by atoms with Crippen molar-refractivity contribution in [1.29, 1.82) is 0 Å². The number of aryl methyl sites for hydroxylation is 1. The van der Waals surface area contributed by atoms with Crippen LogP contribution in [-0.2, 0) is 14.4 Å². The average Bonchev–Trinajstić information content (AvgIpc) is 3.17. The van der Waals surface area contributed by atoms with Gasteiger partial charge in [0.05, 0.1) is 17.5 Å². The number of benzene rings is 2. The van der Waals surface area contributed by atoms with E-state index in [-0.39, 0.29) is 18.2 Å². The molecule has 2 amide bonds. The number of amides is 2. The van der Waals surface area contributed by atoms with E-state index in [0.29, 0.717) is 5.69 Å². The second-order valence-electron chi connectivity index (χ2n) is 8.70. The minimum atomic E-state index is -1.50. The minimum absolute atomic E-state index is 0.0264. The molecule has 6 heteroatoms. The summed E-state index contributed by atoms with van der Waals surface area (Å²) < 4.78 is 0. The van der Waals surface area contributed by atoms with Gasteiger partial charge < -0.3 is 5.11 Å². The molecule has 0 saturated carbocycles. The number of carboxylic acid groups (broad SMARTS) is 1. The molecule has 4 unspecified atom stereocenters. The number of hydrogen-bond donors (Lipinski definition) is 2. The molecule has 0 aliphatic carbocycles. The van der Waals surface area contributed by atoms with Crippen molar-refractivity contribution in [2.75, 3.05) is 4.90 Å². The molecule has 0 aromatic heterocycles. The van der Waals surface area contributed by atoms with Crippen molar-refractivity contribution in [2.45, 2.75) is 38.8 Å². The lowest BCUT2D eigenvalue weighted by Crippen LogP contribution is -2.56. The molecule has 0 spiro atoms. The van der Waals surface area contributed by atoms with Gasteiger partial charge in [0, 0.05) is 6.04 Å². The van der Waals surface area contributed by atoms with Gasteiger partial charge in [-0.05, 0) is 42.5 Å². The van der Waals surface area contributed by atoms with Gasteiger partial charge in [0.2, 0.25) is 11.8 Å². The number of rotatable bonds is 5. The first-order valence-electron chi connectivity index (χ1n) is 10.3. The molecule has 2 aromatic carbocycles. The lowest BCUT2D eigenvalue weighted by molar-refractivity contribution is -0.149. The van der Waals surface area contributed by atoms with Gasteiger partial charge in [-0.1, -0.05) is 56.3 Å². The standard InChI is InChI=1S/C24H26N2O4/c1-14(2)13-24(23(29)30)19-18(20(25-24)17-12-8-7-9-15(17)3)21(27)26(22(19)28)16-10-5-4-6-11-16/h4-12,14,18-20,25H,13H2,1-3H3,(H,29,30). The Bertz CT molecular complexity index is 1000. The SMILES string of the molecule is Cc1ccccc1C1NC(CC(C)C)(C(=O)O)C2C(=O)N(c3ccccc3)C(=O)C12. The van der Waals surface area contributed by atoms with Gasteiger partial charge in [-0.15, -0.1) is 0 Å². The van der Waals surface area contributed by atoms with Crippen LogP contribution in [0, 0.1) is 24.7 Å². The molecule has 2 saturated heterocycles. The normalized spacial score (nSPS) is 28.3. The van der Waals surface area contributed by atoms with Gasteiger partial charge in [-0.2, -0.15) is 0 Å². The molecule has 6 nitrogen and oxygen atoms in total. The highest BCUT2D eigenvalue weighted by Gasteiger charge is 2.68. The van der Waals surface area contributed by atoms with Crippen molar-refractivity contribution in [3.05, 3.63) is 65.7 Å². The summed E-state index contributed by atoms with van der Waals surface area (Å²) >= 11 is 0. The topological polar surface area (TPSA) is 86.7 Å². The number of carboxylic acids is 1. The average molecular weight is 406 g/mol. The van der Waals surface area contributed by atoms with Crippen LogP contribution < -0.4 is 10.2 Å². The molecule has 4 atom stereocenters. The molecule has 2 N–H and O–H groups in total. The van der Waals surface area contributed by atoms with E-state index >= 15 is 0 Å². The Morgan fingerprint density at radius 2 is 1.70 bits per heavy atom. The van der Waals surface area contributed by atoms with Crippen molar-refractivity contribution < 1.29 is 19.5 Å². The molecule has 4 rings (SSSR count). The maximum Gasteiger partial charge on any atom is 0.324 e. The van der Waals surface area contributed by atoms with E-state index < -0.39 is 35.3 Å². The van der Waals surface area contributed by atoms with Crippen LogP contribution >= 0.6 is 0 Å². The summed E-state index contributed by atoms with van der Waals surface area (Å²) in [6.45, 7) is 5.79. The molecule has 2 heterocycles. The Morgan fingerprint density at radius 1 is 1.07 bits per heavy atom. The molecular weight excluding hydrogens is 380 g/mol. The largest absolute Gasteiger partial charge is 0.480 e. The van der Waals surface area contributed by atoms with Crippen molar-refractivity contribution in [1.82, 2.24) is 5.32 Å². The smallest absolute Gasteiger partial charge is 0.324 e. The van der Waals surface area contributed by atoms with Gasteiger partial charge in [0.1, 0.15) is 5.54 Å². The summed E-state index contributed by atoms with van der Waals surface area (Å²) in [4.78, 5) is 40.9. The first kappa shape index (κ1) is 20.3. The van der Waals surface area contributed by atoms with Gasteiger partial charge in [-0.25, -0.2) is 4.90 Å². The van der Waals surface area contributed by atoms with Crippen molar-refractivity contribution >= 4 is 23.5 Å². The van der Waals surface area contributed by atoms with E-state index in [1.807, 2.05) is 51.1 Å². The highest BCUT2D eigenvalue weighted by molar-refractivity contribution is 6.24. The first-order chi connectivity index (χ1) is 14.3. The van der Waals surface area contributed by atoms with Crippen LogP contribution in [0.1, 0.15) is 37.4 Å². The number of nitrogens with one attached hydrogen (secondary N) is 1. The van der Waals surface area contributed by atoms with Crippen LogP contribution in [0.15, 0.2) is 54.6 Å². The van der Waals surface area contributed by atoms with Crippen LogP contribution in [0.2, 0.25) is 0 Å². The molecule has 2 aliphatic rings. The third-order valence-corrected chi connectivity index (χ3v) is 6.30. The number of fused-ring (bicyclic) bond motifs is 1. The predicted molar refractivity (Wildman–Crippen MR) is 113 cm³/mol. The van der Waals surface area contributed by atoms with Crippen LogP contribution in [-0.4, -0.2) is 28.4 Å². The fraction of sp³-hybridized carbons (Fsp3) is 0.375. The molecule has 30 heavy (non-hydrogen) atoms. The molecule has 2 aromatic rings. The quantitative estimate of drug-likeness (QED) is 0.744. The number of aliphatic carboxylic acids is 1. The number of imide groups is 1. The molecule has 2 fully saturated rings. The fourth-order valence-corrected chi connectivity index (χ4v) is 5.15. The predicted octanol–water partition coefficient (Wildman–Crippen LogP) is 3.31. The monoisotopic (exact) mass is 406 g/mol. The van der Waals surface area contributed by atoms with Crippen LogP contribution in [0.5, 0.6) is 0 Å². The highest BCUT2D eigenvalue weighted by atomic mass is 16.4. The number of carbonyl (C=O) groups excluding carboxylic acids is 2. The zero-order valence-electron chi connectivity index (χ0n) is 17.3. The van der Waals surface area contributed by atoms with Crippen molar-refractivity contribution in [2.24, 2.45) is 17.8 Å². The number of carbonyl (C=O) groups is 3. The van der Waals surface area contributed by atoms with Crippen LogP contribution in [0.4, 0.5) is 5.69 Å². The maximum absolute atomic E-state index is 13.6. The zero-order valence-corrected chi connectivity index (χ0v) is 17.3. The van der Waals surface area contributed by atoms with Gasteiger partial charge >= 0.3 is 5.97 Å². The lowest BCUT2D eigenvalue weighted by Gasteiger charge is -2.32. The number of para-hydroxylation sites is 1. The molecule has 0 radical (unpaired) electrons. The van der Waals surface area contributed by atoms with Gasteiger partial charge in [0.25, 0.3) is 0 Å². The summed E-state index contributed by atoms with van der Waals surface area (Å²) in [5, 5.41) is 13.6. The summed E-state index contributed by atoms with van der Waals surface area (Å²) in [5.41, 5.74) is 0.796. The van der Waals surface area contributed by atoms with Crippen LogP contribution in [0.25, 0.3) is 0 Å². The number of nitrogens with zero attached hydrogens (tertiary/aromatic N) is 1. The van der Waals surface area contributed by atoms with E-state index in [1.165, 1.54) is 4.90 Å². The third kappa shape index (κ3) is 2.94. The molecule has 156 valence electrons. The summed E-state index contributed by atoms with van der Waals surface area (Å²) in [6, 6.07) is 15.8. The Hall–Kier alpha value is -2.99. The van der Waals surface area contributed by atoms with E-state index in [2.05, 4.69) is 5.32 Å². The molecular formula is C24H26N2O4. The van der Waals surface area contributed by atoms with Crippen molar-refractivity contribution in [3.63, 3.8) is 0 Å². The highest BCUT2D eigenvalue weighted by Crippen LogP contribution is 2.52. The third-order valence-electron chi connectivity index (χ3n) is 6.30. The Kier molecular flexibility index (Phi) is 4.98. The summed E-state index contributed by atoms with van der Waals surface area (Å²) in [7, 11) is 0. The van der Waals surface area contributed by atoms with E-state index in [0.717, 1.165) is 11.1 Å². The number of hydrogen-bond acceptors (Lipinski definition) is 4. The summed E-state index contributed by atoms with van der Waals surface area (Å²) in [6.07, 6.45) is 0.257. The Labute approximate surface area is 175 Å². The van der Waals surface area contributed by atoms with Crippen molar-refractivity contribution in [3.8, 4) is 0 Å².